The first-order chi connectivity index (χ1) is 11.1. The molecule has 124 valence electrons. The van der Waals surface area contributed by atoms with Crippen LogP contribution in [-0.4, -0.2) is 54.2 Å². The number of carbonyl (C=O) groups excluding carboxylic acids is 1. The molecular weight excluding hydrogens is 290 g/mol. The van der Waals surface area contributed by atoms with Crippen molar-refractivity contribution in [1.29, 1.82) is 0 Å². The van der Waals surface area contributed by atoms with Gasteiger partial charge in [-0.3, -0.25) is 9.69 Å². The highest BCUT2D eigenvalue weighted by Gasteiger charge is 2.24. The minimum atomic E-state index is -0.0478. The van der Waals surface area contributed by atoms with Crippen LogP contribution in [0.15, 0.2) is 24.3 Å². The van der Waals surface area contributed by atoms with Crippen LogP contribution in [0, 0.1) is 6.92 Å². The number of hydrogen-bond acceptors (Lipinski definition) is 3. The van der Waals surface area contributed by atoms with Gasteiger partial charge in [0.25, 0.3) is 5.91 Å². The zero-order chi connectivity index (χ0) is 16.4. The van der Waals surface area contributed by atoms with E-state index >= 15 is 0 Å². The van der Waals surface area contributed by atoms with Crippen LogP contribution >= 0.6 is 0 Å². The van der Waals surface area contributed by atoms with Gasteiger partial charge in [-0.15, -0.1) is 0 Å². The van der Waals surface area contributed by atoms with Crippen molar-refractivity contribution in [3.8, 4) is 0 Å². The first-order valence-corrected chi connectivity index (χ1v) is 8.26. The number of ether oxygens (including phenoxy) is 1. The van der Waals surface area contributed by atoms with E-state index in [0.717, 1.165) is 30.7 Å². The summed E-state index contributed by atoms with van der Waals surface area (Å²) in [5.74, 6) is -0.0478. The Morgan fingerprint density at radius 3 is 3.09 bits per heavy atom. The molecule has 2 aromatic rings. The second-order valence-electron chi connectivity index (χ2n) is 6.44. The van der Waals surface area contributed by atoms with Crippen molar-refractivity contribution in [1.82, 2.24) is 15.2 Å². The average Bonchev–Trinajstić information content (AvgIpc) is 2.98. The summed E-state index contributed by atoms with van der Waals surface area (Å²) in [4.78, 5) is 18.0. The number of morpholine rings is 1. The molecule has 2 N–H and O–H groups in total. The van der Waals surface area contributed by atoms with Crippen LogP contribution in [-0.2, 0) is 4.74 Å². The SMILES string of the molecule is Cc1cccc2[nH]c(C(=O)NCC(C)N3CCOCC3C)cc12. The first-order valence-electron chi connectivity index (χ1n) is 8.26. The summed E-state index contributed by atoms with van der Waals surface area (Å²) >= 11 is 0. The topological polar surface area (TPSA) is 57.4 Å². The number of nitrogens with zero attached hydrogens (tertiary/aromatic N) is 1. The largest absolute Gasteiger partial charge is 0.379 e. The molecule has 5 heteroatoms. The molecule has 1 saturated heterocycles. The lowest BCUT2D eigenvalue weighted by Gasteiger charge is -2.37. The molecule has 0 saturated carbocycles. The lowest BCUT2D eigenvalue weighted by Crippen LogP contribution is -2.51. The van der Waals surface area contributed by atoms with Gasteiger partial charge in [0, 0.05) is 36.1 Å². The number of amides is 1. The van der Waals surface area contributed by atoms with Gasteiger partial charge in [0.2, 0.25) is 0 Å². The molecule has 1 amide bonds. The summed E-state index contributed by atoms with van der Waals surface area (Å²) in [6.45, 7) is 9.46. The van der Waals surface area contributed by atoms with Gasteiger partial charge in [0.15, 0.2) is 0 Å². The number of rotatable bonds is 4. The highest BCUT2D eigenvalue weighted by Crippen LogP contribution is 2.19. The van der Waals surface area contributed by atoms with E-state index in [-0.39, 0.29) is 5.91 Å². The molecule has 2 heterocycles. The quantitative estimate of drug-likeness (QED) is 0.910. The summed E-state index contributed by atoms with van der Waals surface area (Å²) in [5.41, 5.74) is 2.80. The molecule has 1 fully saturated rings. The van der Waals surface area contributed by atoms with Crippen molar-refractivity contribution in [2.45, 2.75) is 32.9 Å². The summed E-state index contributed by atoms with van der Waals surface area (Å²) in [6, 6.07) is 8.67. The van der Waals surface area contributed by atoms with Gasteiger partial charge < -0.3 is 15.0 Å². The molecule has 5 nitrogen and oxygen atoms in total. The lowest BCUT2D eigenvalue weighted by atomic mass is 10.1. The maximum absolute atomic E-state index is 12.4. The Labute approximate surface area is 137 Å². The molecule has 1 aliphatic heterocycles. The van der Waals surface area contributed by atoms with Crippen molar-refractivity contribution in [2.75, 3.05) is 26.3 Å². The van der Waals surface area contributed by atoms with Gasteiger partial charge in [-0.1, -0.05) is 12.1 Å². The predicted octanol–water partition coefficient (Wildman–Crippen LogP) is 2.32. The number of carbonyl (C=O) groups is 1. The summed E-state index contributed by atoms with van der Waals surface area (Å²) < 4.78 is 5.47. The Morgan fingerprint density at radius 1 is 1.52 bits per heavy atom. The molecule has 0 spiro atoms. The number of aromatic nitrogens is 1. The fraction of sp³-hybridized carbons (Fsp3) is 0.500. The van der Waals surface area contributed by atoms with Crippen molar-refractivity contribution in [2.24, 2.45) is 0 Å². The third kappa shape index (κ3) is 3.41. The second-order valence-corrected chi connectivity index (χ2v) is 6.44. The van der Waals surface area contributed by atoms with Gasteiger partial charge in [-0.05, 0) is 38.5 Å². The molecule has 3 rings (SSSR count). The molecule has 0 aliphatic carbocycles. The maximum Gasteiger partial charge on any atom is 0.267 e. The van der Waals surface area contributed by atoms with Crippen molar-refractivity contribution in [3.05, 3.63) is 35.5 Å². The predicted molar refractivity (Wildman–Crippen MR) is 91.8 cm³/mol. The molecule has 1 aromatic carbocycles. The van der Waals surface area contributed by atoms with Crippen LogP contribution in [0.3, 0.4) is 0 Å². The number of fused-ring (bicyclic) bond motifs is 1. The van der Waals surface area contributed by atoms with E-state index in [1.165, 1.54) is 5.56 Å². The zero-order valence-electron chi connectivity index (χ0n) is 14.1. The van der Waals surface area contributed by atoms with Crippen LogP contribution in [0.2, 0.25) is 0 Å². The maximum atomic E-state index is 12.4. The second kappa shape index (κ2) is 6.72. The Morgan fingerprint density at radius 2 is 2.35 bits per heavy atom. The van der Waals surface area contributed by atoms with E-state index in [2.05, 4.69) is 42.0 Å². The highest BCUT2D eigenvalue weighted by atomic mass is 16.5. The Balaban J connectivity index is 1.63. The van der Waals surface area contributed by atoms with Crippen molar-refractivity contribution >= 4 is 16.8 Å². The molecule has 2 atom stereocenters. The van der Waals surface area contributed by atoms with E-state index in [9.17, 15) is 4.79 Å². The number of aryl methyl sites for hydroxylation is 1. The number of hydrogen-bond donors (Lipinski definition) is 2. The number of H-pyrrole nitrogens is 1. The third-order valence-corrected chi connectivity index (χ3v) is 4.67. The zero-order valence-corrected chi connectivity index (χ0v) is 14.1. The fourth-order valence-electron chi connectivity index (χ4n) is 3.28. The number of nitrogens with one attached hydrogen (secondary N) is 2. The van der Waals surface area contributed by atoms with E-state index in [0.29, 0.717) is 24.3 Å². The molecular formula is C18H25N3O2. The van der Waals surface area contributed by atoms with E-state index in [1.807, 2.05) is 18.2 Å². The van der Waals surface area contributed by atoms with Crippen LogP contribution < -0.4 is 5.32 Å². The normalized spacial score (nSPS) is 20.6. The Kier molecular flexibility index (Phi) is 4.68. The Hall–Kier alpha value is -1.85. The van der Waals surface area contributed by atoms with E-state index in [4.69, 9.17) is 4.74 Å². The highest BCUT2D eigenvalue weighted by molar-refractivity contribution is 5.98. The smallest absolute Gasteiger partial charge is 0.267 e. The van der Waals surface area contributed by atoms with Gasteiger partial charge in [-0.25, -0.2) is 0 Å². The van der Waals surface area contributed by atoms with E-state index in [1.54, 1.807) is 0 Å². The van der Waals surface area contributed by atoms with Gasteiger partial charge in [0.05, 0.1) is 13.2 Å². The molecule has 0 bridgehead atoms. The minimum absolute atomic E-state index is 0.0478. The molecule has 23 heavy (non-hydrogen) atoms. The minimum Gasteiger partial charge on any atom is -0.379 e. The van der Waals surface area contributed by atoms with Crippen LogP contribution in [0.25, 0.3) is 10.9 Å². The van der Waals surface area contributed by atoms with E-state index < -0.39 is 0 Å². The molecule has 0 radical (unpaired) electrons. The molecule has 1 aliphatic rings. The van der Waals surface area contributed by atoms with Crippen LogP contribution in [0.4, 0.5) is 0 Å². The van der Waals surface area contributed by atoms with Crippen molar-refractivity contribution < 1.29 is 9.53 Å². The van der Waals surface area contributed by atoms with Gasteiger partial charge >= 0.3 is 0 Å². The summed E-state index contributed by atoms with van der Waals surface area (Å²) in [6.07, 6.45) is 0. The average molecular weight is 315 g/mol. The monoisotopic (exact) mass is 315 g/mol. The summed E-state index contributed by atoms with van der Waals surface area (Å²) in [5, 5.41) is 4.15. The molecule has 2 unspecified atom stereocenters. The number of benzene rings is 1. The molecule has 1 aromatic heterocycles. The summed E-state index contributed by atoms with van der Waals surface area (Å²) in [7, 11) is 0. The van der Waals surface area contributed by atoms with Gasteiger partial charge in [-0.2, -0.15) is 0 Å². The lowest BCUT2D eigenvalue weighted by molar-refractivity contribution is -0.0178. The number of aromatic amines is 1. The standard InChI is InChI=1S/C18H25N3O2/c1-12-5-4-6-16-15(12)9-17(20-16)18(22)19-10-13(2)21-7-8-23-11-14(21)3/h4-6,9,13-14,20H,7-8,10-11H2,1-3H3,(H,19,22). The first kappa shape index (κ1) is 16.0. The fourth-order valence-corrected chi connectivity index (χ4v) is 3.28. The van der Waals surface area contributed by atoms with Gasteiger partial charge in [0.1, 0.15) is 5.69 Å². The van der Waals surface area contributed by atoms with Crippen LogP contribution in [0.1, 0.15) is 29.9 Å². The Bertz CT molecular complexity index is 695. The van der Waals surface area contributed by atoms with Crippen LogP contribution in [0.5, 0.6) is 0 Å². The third-order valence-electron chi connectivity index (χ3n) is 4.67. The van der Waals surface area contributed by atoms with Crippen molar-refractivity contribution in [3.63, 3.8) is 0 Å².